The molecule has 0 unspecified atom stereocenters. The SMILES string of the molecule is CCCNC[C@]1(O)[C@H](C)O[C@@H](O[C@H]2[C@H](C)[C@@H](O[C@@H]3O[C@H](C)C[C@H](NC)[C@H]3Oc3cccc(S(=O)(=O)CC)c3)[C@](C)(O)C[C@@H](C)CN[C@H](C)[C@@H](O)[C@](C)(O)[C@@H](CC)OC(=O)[C@@H]2C)C[C@@]1(C)OC. The average Bonchev–Trinajstić information content (AvgIpc) is 3.26. The number of carbonyl (C=O) groups is 1. The van der Waals surface area contributed by atoms with Crippen molar-refractivity contribution in [3.63, 3.8) is 0 Å². The van der Waals surface area contributed by atoms with Crippen molar-refractivity contribution >= 4 is 15.8 Å². The molecule has 7 N–H and O–H groups in total. The van der Waals surface area contributed by atoms with Crippen LogP contribution in [0.4, 0.5) is 0 Å². The van der Waals surface area contributed by atoms with Crippen LogP contribution < -0.4 is 20.7 Å². The van der Waals surface area contributed by atoms with E-state index < -0.39 is 105 Å². The fraction of sp³-hybridized carbons (Fsp3) is 0.854. The molecule has 3 aliphatic heterocycles. The van der Waals surface area contributed by atoms with Gasteiger partial charge >= 0.3 is 5.97 Å². The lowest BCUT2D eigenvalue weighted by molar-refractivity contribution is -0.335. The molecule has 3 heterocycles. The molecule has 17 nitrogen and oxygen atoms in total. The van der Waals surface area contributed by atoms with E-state index in [0.717, 1.165) is 6.42 Å². The third kappa shape index (κ3) is 12.8. The molecule has 66 heavy (non-hydrogen) atoms. The summed E-state index contributed by atoms with van der Waals surface area (Å²) in [6, 6.07) is 5.30. The van der Waals surface area contributed by atoms with Gasteiger partial charge in [-0.05, 0) is 118 Å². The maximum absolute atomic E-state index is 14.6. The fourth-order valence-electron chi connectivity index (χ4n) is 10.2. The van der Waals surface area contributed by atoms with Crippen LogP contribution in [0.3, 0.4) is 0 Å². The van der Waals surface area contributed by atoms with Gasteiger partial charge in [0, 0.05) is 32.0 Å². The summed E-state index contributed by atoms with van der Waals surface area (Å²) in [5, 5.41) is 58.3. The number of esters is 1. The number of benzene rings is 1. The van der Waals surface area contributed by atoms with Crippen LogP contribution in [0.15, 0.2) is 29.2 Å². The van der Waals surface area contributed by atoms with Gasteiger partial charge in [-0.2, -0.15) is 0 Å². The largest absolute Gasteiger partial charge is 0.483 e. The van der Waals surface area contributed by atoms with Crippen LogP contribution >= 0.6 is 0 Å². The first-order valence-corrected chi connectivity index (χ1v) is 25.7. The summed E-state index contributed by atoms with van der Waals surface area (Å²) in [7, 11) is -0.244. The lowest BCUT2D eigenvalue weighted by Crippen LogP contribution is -2.70. The highest BCUT2D eigenvalue weighted by Gasteiger charge is 2.58. The summed E-state index contributed by atoms with van der Waals surface area (Å²) < 4.78 is 71.7. The van der Waals surface area contributed by atoms with Crippen molar-refractivity contribution in [2.75, 3.05) is 39.5 Å². The maximum atomic E-state index is 14.6. The topological polar surface area (TPSA) is 233 Å². The molecule has 0 amide bonds. The minimum Gasteiger partial charge on any atom is -0.483 e. The van der Waals surface area contributed by atoms with Crippen molar-refractivity contribution in [2.24, 2.45) is 17.8 Å². The normalized spacial score (nSPS) is 42.5. The van der Waals surface area contributed by atoms with Gasteiger partial charge in [0.25, 0.3) is 0 Å². The molecule has 4 rings (SSSR count). The second-order valence-electron chi connectivity index (χ2n) is 20.0. The molecule has 1 aromatic carbocycles. The van der Waals surface area contributed by atoms with E-state index in [-0.39, 0.29) is 60.3 Å². The summed E-state index contributed by atoms with van der Waals surface area (Å²) in [4.78, 5) is 14.7. The third-order valence-corrected chi connectivity index (χ3v) is 16.3. The third-order valence-electron chi connectivity index (χ3n) is 14.5. The molecule has 18 atom stereocenters. The lowest BCUT2D eigenvalue weighted by atomic mass is 9.75. The van der Waals surface area contributed by atoms with Gasteiger partial charge in [0.2, 0.25) is 0 Å². The molecule has 382 valence electrons. The molecule has 0 spiro atoms. The number of nitrogens with one attached hydrogen (secondary N) is 3. The molecule has 0 bridgehead atoms. The average molecular weight is 960 g/mol. The molecular formula is C48H85N3O14S. The Kier molecular flexibility index (Phi) is 19.9. The molecule has 3 saturated heterocycles. The van der Waals surface area contributed by atoms with E-state index in [1.54, 1.807) is 67.6 Å². The quantitative estimate of drug-likeness (QED) is 0.0986. The van der Waals surface area contributed by atoms with Crippen molar-refractivity contribution in [1.82, 2.24) is 16.0 Å². The summed E-state index contributed by atoms with van der Waals surface area (Å²) in [5.41, 5.74) is -6.17. The summed E-state index contributed by atoms with van der Waals surface area (Å²) in [5.74, 6) is -2.69. The van der Waals surface area contributed by atoms with Crippen LogP contribution in [0.5, 0.6) is 5.75 Å². The highest BCUT2D eigenvalue weighted by molar-refractivity contribution is 7.91. The zero-order chi connectivity index (χ0) is 49.6. The number of hydrogen-bond acceptors (Lipinski definition) is 17. The van der Waals surface area contributed by atoms with Crippen LogP contribution in [-0.2, 0) is 43.1 Å². The smallest absolute Gasteiger partial charge is 0.311 e. The van der Waals surface area contributed by atoms with E-state index in [4.69, 9.17) is 33.2 Å². The van der Waals surface area contributed by atoms with Gasteiger partial charge in [-0.15, -0.1) is 0 Å². The Bertz CT molecular complexity index is 1810. The lowest BCUT2D eigenvalue weighted by Gasteiger charge is -2.53. The second-order valence-corrected chi connectivity index (χ2v) is 22.3. The van der Waals surface area contributed by atoms with Gasteiger partial charge in [0.1, 0.15) is 34.8 Å². The zero-order valence-electron chi connectivity index (χ0n) is 42.0. The van der Waals surface area contributed by atoms with E-state index in [1.807, 2.05) is 27.7 Å². The predicted molar refractivity (Wildman–Crippen MR) is 250 cm³/mol. The predicted octanol–water partition coefficient (Wildman–Crippen LogP) is 3.47. The first kappa shape index (κ1) is 56.5. The number of aliphatic hydroxyl groups is 4. The Morgan fingerprint density at radius 1 is 0.955 bits per heavy atom. The molecule has 0 aliphatic carbocycles. The molecule has 18 heteroatoms. The van der Waals surface area contributed by atoms with Gasteiger partial charge in [-0.25, -0.2) is 8.42 Å². The van der Waals surface area contributed by atoms with Crippen LogP contribution in [0.1, 0.15) is 115 Å². The molecular weight excluding hydrogens is 875 g/mol. The van der Waals surface area contributed by atoms with E-state index in [9.17, 15) is 33.6 Å². The first-order valence-electron chi connectivity index (χ1n) is 24.1. The van der Waals surface area contributed by atoms with Crippen LogP contribution in [0.2, 0.25) is 0 Å². The Hall–Kier alpha value is -2.04. The van der Waals surface area contributed by atoms with E-state index in [2.05, 4.69) is 16.0 Å². The Balaban J connectivity index is 1.87. The number of aliphatic hydroxyl groups excluding tert-OH is 1. The molecule has 0 radical (unpaired) electrons. The van der Waals surface area contributed by atoms with Crippen LogP contribution in [0, 0.1) is 17.8 Å². The standard InChI is InChI=1S/C48H85N3O14S/c1-15-21-50-27-48(56)33(9)61-38(25-46(48,11)59-14)64-39-30(6)42(45(10,54)24-28(4)26-51-32(8)41(52)47(12,55)37(16-2)63-43(53)31(39)7)65-44-40(36(49-13)22-29(5)60-44)62-34-19-18-20-35(23-34)66(57,58)17-3/h18-20,23,28-33,36-42,44,49-52,54-56H,15-17,21-22,24-27H2,1-14H3/t28-,29-,30+,31-,32-,33+,36+,37-,38+,39+,40-,41-,42-,44+,45-,46-,47-,48+/m1/s1. The zero-order valence-corrected chi connectivity index (χ0v) is 42.9. The number of hydrogen-bond donors (Lipinski definition) is 7. The van der Waals surface area contributed by atoms with Gasteiger partial charge < -0.3 is 69.5 Å². The number of likely N-dealkylation sites (N-methyl/N-ethyl adjacent to an activating group) is 1. The van der Waals surface area contributed by atoms with Gasteiger partial charge in [-0.3, -0.25) is 4.79 Å². The molecule has 1 aromatic rings. The summed E-state index contributed by atoms with van der Waals surface area (Å²) in [6.45, 7) is 22.3. The number of ether oxygens (including phenoxy) is 7. The van der Waals surface area contributed by atoms with Crippen molar-refractivity contribution < 1.29 is 66.8 Å². The fourth-order valence-corrected chi connectivity index (χ4v) is 11.1. The highest BCUT2D eigenvalue weighted by atomic mass is 32.2. The van der Waals surface area contributed by atoms with Gasteiger partial charge in [0.05, 0.1) is 52.6 Å². The minimum atomic E-state index is -3.56. The number of sulfone groups is 1. The summed E-state index contributed by atoms with van der Waals surface area (Å²) in [6.07, 6.45) is -7.13. The molecule has 0 aromatic heterocycles. The first-order chi connectivity index (χ1) is 30.7. The van der Waals surface area contributed by atoms with E-state index in [0.29, 0.717) is 19.5 Å². The van der Waals surface area contributed by atoms with Gasteiger partial charge in [0.15, 0.2) is 28.5 Å². The van der Waals surface area contributed by atoms with Crippen LogP contribution in [0.25, 0.3) is 0 Å². The minimum absolute atomic E-state index is 0.0555. The van der Waals surface area contributed by atoms with Gasteiger partial charge in [-0.1, -0.05) is 40.7 Å². The van der Waals surface area contributed by atoms with E-state index >= 15 is 0 Å². The number of methoxy groups -OCH3 is 1. The van der Waals surface area contributed by atoms with Crippen molar-refractivity contribution in [3.8, 4) is 5.75 Å². The van der Waals surface area contributed by atoms with Crippen molar-refractivity contribution in [3.05, 3.63) is 24.3 Å². The highest BCUT2D eigenvalue weighted by Crippen LogP contribution is 2.43. The number of rotatable bonds is 15. The number of cyclic esters (lactones) is 1. The Morgan fingerprint density at radius 3 is 2.24 bits per heavy atom. The van der Waals surface area contributed by atoms with E-state index in [1.165, 1.54) is 26.2 Å². The number of carbonyl (C=O) groups excluding carboxylic acids is 1. The molecule has 3 fully saturated rings. The van der Waals surface area contributed by atoms with Crippen molar-refractivity contribution in [2.45, 2.75) is 210 Å². The monoisotopic (exact) mass is 960 g/mol. The maximum Gasteiger partial charge on any atom is 0.311 e. The summed E-state index contributed by atoms with van der Waals surface area (Å²) >= 11 is 0. The van der Waals surface area contributed by atoms with Crippen molar-refractivity contribution in [1.29, 1.82) is 0 Å². The Labute approximate surface area is 394 Å². The molecule has 3 aliphatic rings. The van der Waals surface area contributed by atoms with Crippen LogP contribution in [-0.4, -0.2) is 164 Å². The Morgan fingerprint density at radius 2 is 1.64 bits per heavy atom. The molecule has 0 saturated carbocycles. The second kappa shape index (κ2) is 23.3.